The third-order valence-electron chi connectivity index (χ3n) is 2.75. The smallest absolute Gasteiger partial charge is 0.120 e. The van der Waals surface area contributed by atoms with Crippen LogP contribution in [0.4, 0.5) is 0 Å². The van der Waals surface area contributed by atoms with Gasteiger partial charge in [0.05, 0.1) is 6.10 Å². The summed E-state index contributed by atoms with van der Waals surface area (Å²) in [7, 11) is 0. The van der Waals surface area contributed by atoms with Crippen LogP contribution in [0.15, 0.2) is 42.5 Å². The Kier molecular flexibility index (Phi) is 4.70. The van der Waals surface area contributed by atoms with Crippen molar-refractivity contribution in [1.29, 1.82) is 0 Å². The van der Waals surface area contributed by atoms with Gasteiger partial charge in [-0.1, -0.05) is 41.4 Å². The Morgan fingerprint density at radius 3 is 2.63 bits per heavy atom. The number of ether oxygens (including phenoxy) is 1. The lowest BCUT2D eigenvalue weighted by molar-refractivity contribution is 0.198. The second-order valence-electron chi connectivity index (χ2n) is 4.27. The minimum absolute atomic E-state index is 0.360. The van der Waals surface area contributed by atoms with Crippen LogP contribution in [0.1, 0.15) is 24.2 Å². The Hall–Kier alpha value is -1.22. The van der Waals surface area contributed by atoms with Crippen LogP contribution in [-0.4, -0.2) is 5.11 Å². The van der Waals surface area contributed by atoms with Gasteiger partial charge in [0.1, 0.15) is 12.4 Å². The predicted octanol–water partition coefficient (Wildman–Crippen LogP) is 4.63. The molecule has 1 atom stereocenters. The molecule has 0 aliphatic heterocycles. The van der Waals surface area contributed by atoms with E-state index in [0.29, 0.717) is 22.4 Å². The number of rotatable bonds is 4. The zero-order chi connectivity index (χ0) is 13.8. The summed E-state index contributed by atoms with van der Waals surface area (Å²) in [5.74, 6) is 0.699. The van der Waals surface area contributed by atoms with Gasteiger partial charge in [-0.15, -0.1) is 0 Å². The molecule has 0 fully saturated rings. The summed E-state index contributed by atoms with van der Waals surface area (Å²) in [4.78, 5) is 0. The fraction of sp³-hybridized carbons (Fsp3) is 0.200. The molecule has 1 unspecified atom stereocenters. The lowest BCUT2D eigenvalue weighted by Gasteiger charge is -2.10. The molecule has 0 aromatic heterocycles. The number of benzene rings is 2. The van der Waals surface area contributed by atoms with Crippen molar-refractivity contribution in [3.63, 3.8) is 0 Å². The highest BCUT2D eigenvalue weighted by Crippen LogP contribution is 2.24. The fourth-order valence-corrected chi connectivity index (χ4v) is 2.13. The van der Waals surface area contributed by atoms with Crippen LogP contribution in [0.5, 0.6) is 5.75 Å². The van der Waals surface area contributed by atoms with Crippen molar-refractivity contribution in [2.75, 3.05) is 0 Å². The molecule has 1 N–H and O–H groups in total. The summed E-state index contributed by atoms with van der Waals surface area (Å²) in [6, 6.07) is 12.7. The highest BCUT2D eigenvalue weighted by atomic mass is 35.5. The van der Waals surface area contributed by atoms with E-state index in [-0.39, 0.29) is 0 Å². The highest BCUT2D eigenvalue weighted by Gasteiger charge is 2.05. The van der Waals surface area contributed by atoms with Gasteiger partial charge in [0.2, 0.25) is 0 Å². The van der Waals surface area contributed by atoms with E-state index in [0.717, 1.165) is 11.1 Å². The van der Waals surface area contributed by atoms with Crippen molar-refractivity contribution in [1.82, 2.24) is 0 Å². The Bertz CT molecular complexity index is 568. The fourth-order valence-electron chi connectivity index (χ4n) is 1.66. The first-order valence-corrected chi connectivity index (χ1v) is 6.66. The molecular weight excluding hydrogens is 283 g/mol. The lowest BCUT2D eigenvalue weighted by atomic mass is 10.1. The van der Waals surface area contributed by atoms with Crippen molar-refractivity contribution in [2.24, 2.45) is 0 Å². The number of hydrogen-bond acceptors (Lipinski definition) is 2. The molecule has 0 heterocycles. The largest absolute Gasteiger partial charge is 0.489 e. The topological polar surface area (TPSA) is 29.5 Å². The summed E-state index contributed by atoms with van der Waals surface area (Å²) in [5.41, 5.74) is 1.69. The molecule has 2 nitrogen and oxygen atoms in total. The quantitative estimate of drug-likeness (QED) is 0.891. The van der Waals surface area contributed by atoms with E-state index >= 15 is 0 Å². The van der Waals surface area contributed by atoms with Gasteiger partial charge in [-0.25, -0.2) is 0 Å². The van der Waals surface area contributed by atoms with Crippen molar-refractivity contribution in [3.05, 3.63) is 63.6 Å². The first-order valence-electron chi connectivity index (χ1n) is 5.91. The third-order valence-corrected chi connectivity index (χ3v) is 3.34. The van der Waals surface area contributed by atoms with Gasteiger partial charge in [0.15, 0.2) is 0 Å². The maximum absolute atomic E-state index is 9.52. The van der Waals surface area contributed by atoms with Gasteiger partial charge < -0.3 is 9.84 Å². The molecule has 19 heavy (non-hydrogen) atoms. The lowest BCUT2D eigenvalue weighted by Crippen LogP contribution is -1.98. The SMILES string of the molecule is CC(O)c1cccc(OCc2ccc(Cl)cc2Cl)c1. The maximum atomic E-state index is 9.52. The molecular formula is C15H14Cl2O2. The number of halogens is 2. The van der Waals surface area contributed by atoms with Gasteiger partial charge in [0.25, 0.3) is 0 Å². The number of aliphatic hydroxyl groups excluding tert-OH is 1. The molecule has 0 radical (unpaired) electrons. The standard InChI is InChI=1S/C15H14Cl2O2/c1-10(18)11-3-2-4-14(7-11)19-9-12-5-6-13(16)8-15(12)17/h2-8,10,18H,9H2,1H3. The average molecular weight is 297 g/mol. The van der Waals surface area contributed by atoms with Gasteiger partial charge >= 0.3 is 0 Å². The van der Waals surface area contributed by atoms with Crippen LogP contribution >= 0.6 is 23.2 Å². The van der Waals surface area contributed by atoms with Crippen molar-refractivity contribution >= 4 is 23.2 Å². The maximum Gasteiger partial charge on any atom is 0.120 e. The van der Waals surface area contributed by atoms with Crippen LogP contribution < -0.4 is 4.74 Å². The molecule has 4 heteroatoms. The Labute approximate surface area is 122 Å². The molecule has 2 rings (SSSR count). The summed E-state index contributed by atoms with van der Waals surface area (Å²) in [6.07, 6.45) is -0.511. The first-order chi connectivity index (χ1) is 9.06. The first kappa shape index (κ1) is 14.2. The average Bonchev–Trinajstić information content (AvgIpc) is 2.38. The van der Waals surface area contributed by atoms with Crippen molar-refractivity contribution < 1.29 is 9.84 Å². The van der Waals surface area contributed by atoms with E-state index in [1.54, 1.807) is 19.1 Å². The predicted molar refractivity (Wildman–Crippen MR) is 77.9 cm³/mol. The van der Waals surface area contributed by atoms with E-state index in [9.17, 15) is 5.11 Å². The molecule has 100 valence electrons. The third kappa shape index (κ3) is 3.87. The summed E-state index contributed by atoms with van der Waals surface area (Å²) >= 11 is 11.9. The monoisotopic (exact) mass is 296 g/mol. The van der Waals surface area contributed by atoms with Gasteiger partial charge in [-0.2, -0.15) is 0 Å². The molecule has 2 aromatic carbocycles. The van der Waals surface area contributed by atoms with Gasteiger partial charge in [-0.3, -0.25) is 0 Å². The van der Waals surface area contributed by atoms with Gasteiger partial charge in [-0.05, 0) is 36.8 Å². The Morgan fingerprint density at radius 2 is 1.95 bits per heavy atom. The van der Waals surface area contributed by atoms with Crippen molar-refractivity contribution in [2.45, 2.75) is 19.6 Å². The number of aliphatic hydroxyl groups is 1. The minimum atomic E-state index is -0.511. The van der Waals surface area contributed by atoms with Crippen LogP contribution in [0.3, 0.4) is 0 Å². The zero-order valence-electron chi connectivity index (χ0n) is 10.4. The van der Waals surface area contributed by atoms with Crippen LogP contribution in [0.25, 0.3) is 0 Å². The normalized spacial score (nSPS) is 12.2. The molecule has 0 aliphatic carbocycles. The molecule has 0 amide bonds. The van der Waals surface area contributed by atoms with E-state index in [1.165, 1.54) is 0 Å². The van der Waals surface area contributed by atoms with E-state index in [4.69, 9.17) is 27.9 Å². The summed E-state index contributed by atoms with van der Waals surface area (Å²) < 4.78 is 5.66. The second kappa shape index (κ2) is 6.29. The molecule has 0 saturated carbocycles. The second-order valence-corrected chi connectivity index (χ2v) is 5.12. The number of hydrogen-bond donors (Lipinski definition) is 1. The van der Waals surface area contributed by atoms with Crippen LogP contribution in [-0.2, 0) is 6.61 Å². The molecule has 2 aromatic rings. The van der Waals surface area contributed by atoms with Crippen LogP contribution in [0, 0.1) is 0 Å². The van der Waals surface area contributed by atoms with E-state index < -0.39 is 6.10 Å². The highest BCUT2D eigenvalue weighted by molar-refractivity contribution is 6.35. The molecule has 0 aliphatic rings. The summed E-state index contributed by atoms with van der Waals surface area (Å²) in [6.45, 7) is 2.08. The van der Waals surface area contributed by atoms with Crippen LogP contribution in [0.2, 0.25) is 10.0 Å². The zero-order valence-corrected chi connectivity index (χ0v) is 11.9. The molecule has 0 spiro atoms. The minimum Gasteiger partial charge on any atom is -0.489 e. The Balaban J connectivity index is 2.08. The van der Waals surface area contributed by atoms with E-state index in [1.807, 2.05) is 30.3 Å². The summed E-state index contributed by atoms with van der Waals surface area (Å²) in [5, 5.41) is 10.7. The molecule has 0 bridgehead atoms. The Morgan fingerprint density at radius 1 is 1.16 bits per heavy atom. The van der Waals surface area contributed by atoms with Crippen molar-refractivity contribution in [3.8, 4) is 5.75 Å². The van der Waals surface area contributed by atoms with Gasteiger partial charge in [0, 0.05) is 15.6 Å². The molecule has 0 saturated heterocycles. The van der Waals surface area contributed by atoms with E-state index in [2.05, 4.69) is 0 Å².